The lowest BCUT2D eigenvalue weighted by molar-refractivity contribution is -0.397. The highest BCUT2D eigenvalue weighted by Gasteiger charge is 2.18. The molecular weight excluding hydrogens is 306 g/mol. The molecule has 1 aromatic rings. The van der Waals surface area contributed by atoms with Gasteiger partial charge in [0.1, 0.15) is 6.20 Å². The minimum absolute atomic E-state index is 0.166. The van der Waals surface area contributed by atoms with Crippen molar-refractivity contribution in [2.24, 2.45) is 0 Å². The van der Waals surface area contributed by atoms with E-state index >= 15 is 0 Å². The molecule has 0 saturated heterocycles. The number of rotatable bonds is 6. The Morgan fingerprint density at radius 1 is 1.59 bits per heavy atom. The van der Waals surface area contributed by atoms with Gasteiger partial charge in [-0.1, -0.05) is 24.6 Å². The van der Waals surface area contributed by atoms with Crippen LogP contribution in [0.15, 0.2) is 10.8 Å². The van der Waals surface area contributed by atoms with Crippen LogP contribution in [0.3, 0.4) is 0 Å². The van der Waals surface area contributed by atoms with Crippen LogP contribution in [0.2, 0.25) is 25.7 Å². The average Bonchev–Trinajstić information content (AvgIpc) is 2.53. The molecule has 1 aromatic heterocycles. The Bertz CT molecular complexity index is 403. The summed E-state index contributed by atoms with van der Waals surface area (Å²) in [6.45, 7) is 7.56. The SMILES string of the molecule is C[Si](C)(C)CCOCn1cc(Br)nc1[N+](=O)[O-]. The normalized spacial score (nSPS) is 11.8. The molecule has 0 amide bonds. The number of aromatic nitrogens is 2. The monoisotopic (exact) mass is 321 g/mol. The fourth-order valence-corrected chi connectivity index (χ4v) is 2.32. The summed E-state index contributed by atoms with van der Waals surface area (Å²) >= 11 is 3.11. The van der Waals surface area contributed by atoms with E-state index in [2.05, 4.69) is 40.6 Å². The summed E-state index contributed by atoms with van der Waals surface area (Å²) in [4.78, 5) is 13.9. The van der Waals surface area contributed by atoms with E-state index in [-0.39, 0.29) is 12.7 Å². The lowest BCUT2D eigenvalue weighted by Crippen LogP contribution is -2.22. The molecule has 8 heteroatoms. The molecule has 17 heavy (non-hydrogen) atoms. The third kappa shape index (κ3) is 4.96. The zero-order chi connectivity index (χ0) is 13.1. The first-order valence-electron chi connectivity index (χ1n) is 5.24. The lowest BCUT2D eigenvalue weighted by Gasteiger charge is -2.14. The molecule has 0 unspecified atom stereocenters. The average molecular weight is 322 g/mol. The number of imidazole rings is 1. The molecule has 1 rings (SSSR count). The molecule has 0 atom stereocenters. The second kappa shape index (κ2) is 5.74. The Balaban J connectivity index is 2.49. The fraction of sp³-hybridized carbons (Fsp3) is 0.667. The largest absolute Gasteiger partial charge is 0.437 e. The number of hydrogen-bond acceptors (Lipinski definition) is 4. The van der Waals surface area contributed by atoms with Gasteiger partial charge < -0.3 is 14.9 Å². The van der Waals surface area contributed by atoms with Crippen LogP contribution in [0.5, 0.6) is 0 Å². The molecule has 0 radical (unpaired) electrons. The van der Waals surface area contributed by atoms with Crippen molar-refractivity contribution in [2.45, 2.75) is 32.4 Å². The maximum atomic E-state index is 10.7. The predicted octanol–water partition coefficient (Wildman–Crippen LogP) is 2.87. The van der Waals surface area contributed by atoms with Gasteiger partial charge in [0.05, 0.1) is 0 Å². The second-order valence-corrected chi connectivity index (χ2v) is 11.4. The van der Waals surface area contributed by atoms with Gasteiger partial charge in [-0.25, -0.2) is 4.57 Å². The first-order chi connectivity index (χ1) is 7.79. The molecule has 0 fully saturated rings. The summed E-state index contributed by atoms with van der Waals surface area (Å²) in [5.41, 5.74) is 0. The zero-order valence-corrected chi connectivity index (χ0v) is 12.7. The summed E-state index contributed by atoms with van der Waals surface area (Å²) in [5.74, 6) is -0.204. The highest BCUT2D eigenvalue weighted by atomic mass is 79.9. The number of hydrogen-bond donors (Lipinski definition) is 0. The Kier molecular flexibility index (Phi) is 4.84. The summed E-state index contributed by atoms with van der Waals surface area (Å²) in [7, 11) is -1.12. The van der Waals surface area contributed by atoms with E-state index in [4.69, 9.17) is 4.74 Å². The van der Waals surface area contributed by atoms with Gasteiger partial charge in [0.25, 0.3) is 0 Å². The van der Waals surface area contributed by atoms with Gasteiger partial charge in [-0.05, 0) is 26.9 Å². The van der Waals surface area contributed by atoms with Gasteiger partial charge in [0, 0.05) is 14.7 Å². The third-order valence-corrected chi connectivity index (χ3v) is 4.20. The van der Waals surface area contributed by atoms with Crippen LogP contribution in [0.1, 0.15) is 0 Å². The Labute approximate surface area is 109 Å². The van der Waals surface area contributed by atoms with Gasteiger partial charge in [-0.2, -0.15) is 0 Å². The van der Waals surface area contributed by atoms with Gasteiger partial charge in [-0.15, -0.1) is 0 Å². The van der Waals surface area contributed by atoms with Crippen LogP contribution in [0.25, 0.3) is 0 Å². The molecule has 0 N–H and O–H groups in total. The maximum absolute atomic E-state index is 10.7. The van der Waals surface area contributed by atoms with Gasteiger partial charge >= 0.3 is 5.95 Å². The van der Waals surface area contributed by atoms with Crippen molar-refractivity contribution >= 4 is 30.0 Å². The number of nitro groups is 1. The minimum Gasteiger partial charge on any atom is -0.390 e. The van der Waals surface area contributed by atoms with Crippen LogP contribution in [-0.4, -0.2) is 29.2 Å². The van der Waals surface area contributed by atoms with E-state index < -0.39 is 13.0 Å². The van der Waals surface area contributed by atoms with Gasteiger partial charge in [-0.3, -0.25) is 0 Å². The zero-order valence-electron chi connectivity index (χ0n) is 10.1. The third-order valence-electron chi connectivity index (χ3n) is 2.12. The maximum Gasteiger partial charge on any atom is 0.437 e. The standard InChI is InChI=1S/C9H16BrN3O3Si/c1-17(2,3)5-4-16-7-12-6-8(10)11-9(12)13(14)15/h6H,4-5,7H2,1-3H3. The summed E-state index contributed by atoms with van der Waals surface area (Å²) < 4.78 is 7.26. The minimum atomic E-state index is -1.12. The van der Waals surface area contributed by atoms with Crippen molar-refractivity contribution in [3.8, 4) is 0 Å². The molecule has 0 bridgehead atoms. The van der Waals surface area contributed by atoms with Crippen molar-refractivity contribution in [1.82, 2.24) is 9.55 Å². The fourth-order valence-electron chi connectivity index (χ4n) is 1.16. The van der Waals surface area contributed by atoms with Gasteiger partial charge in [0.15, 0.2) is 6.73 Å². The quantitative estimate of drug-likeness (QED) is 0.349. The van der Waals surface area contributed by atoms with Crippen LogP contribution in [0, 0.1) is 10.1 Å². The summed E-state index contributed by atoms with van der Waals surface area (Å²) in [6.07, 6.45) is 1.55. The molecule has 6 nitrogen and oxygen atoms in total. The van der Waals surface area contributed by atoms with Crippen molar-refractivity contribution in [3.63, 3.8) is 0 Å². The predicted molar refractivity (Wildman–Crippen MR) is 70.7 cm³/mol. The van der Waals surface area contributed by atoms with Gasteiger partial charge in [0.2, 0.25) is 4.60 Å². The molecular formula is C9H16BrN3O3Si. The van der Waals surface area contributed by atoms with E-state index in [9.17, 15) is 10.1 Å². The number of halogens is 1. The molecule has 0 saturated carbocycles. The van der Waals surface area contributed by atoms with E-state index in [1.807, 2.05) is 0 Å². The highest BCUT2D eigenvalue weighted by Crippen LogP contribution is 2.16. The van der Waals surface area contributed by atoms with E-state index in [0.29, 0.717) is 11.2 Å². The molecule has 0 aliphatic carbocycles. The second-order valence-electron chi connectivity index (χ2n) is 4.94. The Morgan fingerprint density at radius 2 is 2.24 bits per heavy atom. The number of ether oxygens (including phenoxy) is 1. The van der Waals surface area contributed by atoms with E-state index in [1.54, 1.807) is 6.20 Å². The van der Waals surface area contributed by atoms with Crippen molar-refractivity contribution in [2.75, 3.05) is 6.61 Å². The lowest BCUT2D eigenvalue weighted by atomic mass is 10.8. The van der Waals surface area contributed by atoms with E-state index in [0.717, 1.165) is 6.04 Å². The first-order valence-corrected chi connectivity index (χ1v) is 9.74. The summed E-state index contributed by atoms with van der Waals surface area (Å²) in [6, 6.07) is 1.04. The molecule has 0 aliphatic rings. The Hall–Kier alpha value is -0.733. The van der Waals surface area contributed by atoms with Crippen molar-refractivity contribution < 1.29 is 9.66 Å². The highest BCUT2D eigenvalue weighted by molar-refractivity contribution is 9.10. The van der Waals surface area contributed by atoms with Crippen molar-refractivity contribution in [3.05, 3.63) is 20.9 Å². The molecule has 0 aromatic carbocycles. The van der Waals surface area contributed by atoms with Crippen LogP contribution >= 0.6 is 15.9 Å². The molecule has 0 spiro atoms. The molecule has 1 heterocycles. The van der Waals surface area contributed by atoms with Crippen LogP contribution in [-0.2, 0) is 11.5 Å². The van der Waals surface area contributed by atoms with Crippen molar-refractivity contribution in [1.29, 1.82) is 0 Å². The van der Waals surface area contributed by atoms with E-state index in [1.165, 1.54) is 4.57 Å². The molecule has 0 aliphatic heterocycles. The van der Waals surface area contributed by atoms with Crippen LogP contribution in [0.4, 0.5) is 5.95 Å². The summed E-state index contributed by atoms with van der Waals surface area (Å²) in [5, 5.41) is 10.7. The first kappa shape index (κ1) is 14.3. The van der Waals surface area contributed by atoms with Crippen LogP contribution < -0.4 is 0 Å². The Morgan fingerprint density at radius 3 is 2.76 bits per heavy atom. The molecule has 96 valence electrons. The smallest absolute Gasteiger partial charge is 0.390 e. The number of nitrogens with zero attached hydrogens (tertiary/aromatic N) is 3. The topological polar surface area (TPSA) is 70.2 Å².